The number of halogens is 2. The lowest BCUT2D eigenvalue weighted by molar-refractivity contribution is 0.584. The molecule has 1 N–H and O–H groups in total. The number of nitrogens with zero attached hydrogens (tertiary/aromatic N) is 1. The van der Waals surface area contributed by atoms with E-state index >= 15 is 0 Å². The molecule has 1 heterocycles. The molecule has 0 aliphatic rings. The minimum Gasteiger partial charge on any atom is -0.308 e. The molecule has 20 heavy (non-hydrogen) atoms. The highest BCUT2D eigenvalue weighted by Gasteiger charge is 2.12. The minimum atomic E-state index is -0.649. The van der Waals surface area contributed by atoms with Crippen LogP contribution in [0.3, 0.4) is 0 Å². The van der Waals surface area contributed by atoms with Gasteiger partial charge in [-0.05, 0) is 23.8 Å². The summed E-state index contributed by atoms with van der Waals surface area (Å²) in [5, 5.41) is 8.34. The summed E-state index contributed by atoms with van der Waals surface area (Å²) in [6.45, 7) is 0. The highest BCUT2D eigenvalue weighted by Crippen LogP contribution is 2.31. The first-order valence-electron chi connectivity index (χ1n) is 6.04. The van der Waals surface area contributed by atoms with E-state index in [0.29, 0.717) is 22.2 Å². The van der Waals surface area contributed by atoms with Gasteiger partial charge in [0.1, 0.15) is 11.6 Å². The smallest absolute Gasteiger partial charge is 0.126 e. The molecular weight excluding hydrogens is 258 g/mol. The molecule has 0 amide bonds. The Hall–Kier alpha value is -2.62. The number of benzene rings is 2. The van der Waals surface area contributed by atoms with Crippen molar-refractivity contribution in [2.24, 2.45) is 0 Å². The fourth-order valence-corrected chi connectivity index (χ4v) is 2.28. The van der Waals surface area contributed by atoms with Gasteiger partial charge in [-0.2, -0.15) is 0 Å². The highest BCUT2D eigenvalue weighted by molar-refractivity contribution is 6.02. The number of pyridine rings is 1. The summed E-state index contributed by atoms with van der Waals surface area (Å²) in [6.07, 6.45) is 2.78. The predicted octanol–water partition coefficient (Wildman–Crippen LogP) is 4.18. The Labute approximate surface area is 114 Å². The van der Waals surface area contributed by atoms with Gasteiger partial charge >= 0.3 is 0 Å². The first-order chi connectivity index (χ1) is 9.69. The molecule has 1 aromatic heterocycles. The Balaban J connectivity index is 2.41. The monoisotopic (exact) mass is 268 g/mol. The van der Waals surface area contributed by atoms with E-state index in [0.717, 1.165) is 17.7 Å². The lowest BCUT2D eigenvalue weighted by Crippen LogP contribution is -1.93. The highest BCUT2D eigenvalue weighted by atomic mass is 19.1. The fourth-order valence-electron chi connectivity index (χ4n) is 2.28. The van der Waals surface area contributed by atoms with Crippen molar-refractivity contribution in [1.82, 2.24) is 4.98 Å². The van der Waals surface area contributed by atoms with E-state index in [1.54, 1.807) is 18.3 Å². The topological polar surface area (TPSA) is 36.7 Å². The van der Waals surface area contributed by atoms with Crippen LogP contribution in [0.1, 0.15) is 5.56 Å². The van der Waals surface area contributed by atoms with E-state index in [4.69, 9.17) is 5.41 Å². The third-order valence-electron chi connectivity index (χ3n) is 3.11. The van der Waals surface area contributed by atoms with Gasteiger partial charge in [-0.1, -0.05) is 18.2 Å². The lowest BCUT2D eigenvalue weighted by atomic mass is 9.96. The van der Waals surface area contributed by atoms with Gasteiger partial charge in [0.05, 0.1) is 5.52 Å². The summed E-state index contributed by atoms with van der Waals surface area (Å²) in [5.74, 6) is -1.30. The minimum absolute atomic E-state index is 0.380. The van der Waals surface area contributed by atoms with Gasteiger partial charge in [-0.25, -0.2) is 8.78 Å². The lowest BCUT2D eigenvalue weighted by Gasteiger charge is -2.10. The number of rotatable bonds is 2. The van der Waals surface area contributed by atoms with E-state index in [-0.39, 0.29) is 0 Å². The molecule has 0 aliphatic heterocycles. The van der Waals surface area contributed by atoms with Gasteiger partial charge in [-0.15, -0.1) is 0 Å². The third kappa shape index (κ3) is 2.05. The van der Waals surface area contributed by atoms with E-state index in [1.807, 2.05) is 12.1 Å². The van der Waals surface area contributed by atoms with Gasteiger partial charge in [0.2, 0.25) is 0 Å². The molecule has 4 heteroatoms. The largest absolute Gasteiger partial charge is 0.308 e. The molecule has 0 saturated carbocycles. The molecule has 98 valence electrons. The molecule has 3 rings (SSSR count). The standard InChI is InChI=1S/C16H10F2N2/c17-13-6-12(7-14(18)8-13)15-11(9-19)4-3-10-2-1-5-20-16(10)15/h1-9,19H. The molecule has 0 unspecified atom stereocenters. The van der Waals surface area contributed by atoms with Crippen LogP contribution in [-0.2, 0) is 0 Å². The van der Waals surface area contributed by atoms with Crippen LogP contribution in [0.4, 0.5) is 8.78 Å². The Bertz CT molecular complexity index is 792. The Morgan fingerprint density at radius 2 is 1.75 bits per heavy atom. The molecule has 0 aliphatic carbocycles. The molecule has 0 saturated heterocycles. The summed E-state index contributed by atoms with van der Waals surface area (Å²) in [5.41, 5.74) is 2.14. The van der Waals surface area contributed by atoms with Crippen LogP contribution in [0.5, 0.6) is 0 Å². The van der Waals surface area contributed by atoms with Crippen LogP contribution in [0.15, 0.2) is 48.7 Å². The van der Waals surface area contributed by atoms with Crippen LogP contribution < -0.4 is 0 Å². The van der Waals surface area contributed by atoms with Crippen molar-refractivity contribution in [3.8, 4) is 11.1 Å². The SMILES string of the molecule is N=Cc1ccc2cccnc2c1-c1cc(F)cc(F)c1. The second kappa shape index (κ2) is 4.81. The predicted molar refractivity (Wildman–Crippen MR) is 75.0 cm³/mol. The zero-order valence-corrected chi connectivity index (χ0v) is 10.4. The van der Waals surface area contributed by atoms with Crippen LogP contribution in [0, 0.1) is 17.0 Å². The van der Waals surface area contributed by atoms with Gasteiger partial charge in [-0.3, -0.25) is 4.98 Å². The number of nitrogens with one attached hydrogen (secondary N) is 1. The molecule has 2 nitrogen and oxygen atoms in total. The first kappa shape index (κ1) is 12.4. The summed E-state index contributed by atoms with van der Waals surface area (Å²) < 4.78 is 26.9. The molecule has 0 bridgehead atoms. The van der Waals surface area contributed by atoms with E-state index in [1.165, 1.54) is 12.1 Å². The number of hydrogen-bond donors (Lipinski definition) is 1. The quantitative estimate of drug-likeness (QED) is 0.695. The zero-order chi connectivity index (χ0) is 14.1. The van der Waals surface area contributed by atoms with E-state index in [2.05, 4.69) is 4.98 Å². The molecule has 0 spiro atoms. The normalized spacial score (nSPS) is 10.7. The van der Waals surface area contributed by atoms with Crippen molar-refractivity contribution in [2.45, 2.75) is 0 Å². The Kier molecular flexibility index (Phi) is 2.99. The first-order valence-corrected chi connectivity index (χ1v) is 6.04. The second-order valence-electron chi connectivity index (χ2n) is 4.41. The molecule has 0 atom stereocenters. The Morgan fingerprint density at radius 3 is 2.45 bits per heavy atom. The van der Waals surface area contributed by atoms with E-state index in [9.17, 15) is 8.78 Å². The zero-order valence-electron chi connectivity index (χ0n) is 10.4. The number of aromatic nitrogens is 1. The molecule has 2 aromatic carbocycles. The van der Waals surface area contributed by atoms with Crippen molar-refractivity contribution >= 4 is 17.1 Å². The van der Waals surface area contributed by atoms with Crippen LogP contribution >= 0.6 is 0 Å². The average molecular weight is 268 g/mol. The molecule has 0 radical (unpaired) electrons. The van der Waals surface area contributed by atoms with Crippen molar-refractivity contribution in [2.75, 3.05) is 0 Å². The molecular formula is C16H10F2N2. The van der Waals surface area contributed by atoms with Crippen molar-refractivity contribution in [1.29, 1.82) is 5.41 Å². The van der Waals surface area contributed by atoms with Crippen molar-refractivity contribution in [3.05, 3.63) is 65.9 Å². The van der Waals surface area contributed by atoms with Gasteiger partial charge in [0.15, 0.2) is 0 Å². The summed E-state index contributed by atoms with van der Waals surface area (Å²) in [6, 6.07) is 10.6. The van der Waals surface area contributed by atoms with Crippen molar-refractivity contribution in [3.63, 3.8) is 0 Å². The van der Waals surface area contributed by atoms with E-state index < -0.39 is 11.6 Å². The van der Waals surface area contributed by atoms with Gasteiger partial charge in [0, 0.05) is 35.0 Å². The van der Waals surface area contributed by atoms with Gasteiger partial charge < -0.3 is 5.41 Å². The number of hydrogen-bond acceptors (Lipinski definition) is 2. The van der Waals surface area contributed by atoms with Gasteiger partial charge in [0.25, 0.3) is 0 Å². The maximum absolute atomic E-state index is 13.4. The summed E-state index contributed by atoms with van der Waals surface area (Å²) in [4.78, 5) is 4.28. The van der Waals surface area contributed by atoms with Crippen LogP contribution in [0.25, 0.3) is 22.0 Å². The molecule has 0 fully saturated rings. The van der Waals surface area contributed by atoms with Crippen LogP contribution in [0.2, 0.25) is 0 Å². The maximum atomic E-state index is 13.4. The summed E-state index contributed by atoms with van der Waals surface area (Å²) in [7, 11) is 0. The molecule has 3 aromatic rings. The number of fused-ring (bicyclic) bond motifs is 1. The maximum Gasteiger partial charge on any atom is 0.126 e. The average Bonchev–Trinajstić information content (AvgIpc) is 2.45. The summed E-state index contributed by atoms with van der Waals surface area (Å²) >= 11 is 0. The van der Waals surface area contributed by atoms with Crippen molar-refractivity contribution < 1.29 is 8.78 Å². The Morgan fingerprint density at radius 1 is 1.00 bits per heavy atom. The second-order valence-corrected chi connectivity index (χ2v) is 4.41. The third-order valence-corrected chi connectivity index (χ3v) is 3.11. The fraction of sp³-hybridized carbons (Fsp3) is 0. The van der Waals surface area contributed by atoms with Crippen LogP contribution in [-0.4, -0.2) is 11.2 Å².